The number of hydrogen-bond donors (Lipinski definition) is 2. The predicted molar refractivity (Wildman–Crippen MR) is 112 cm³/mol. The molecule has 0 spiro atoms. The zero-order valence-electron chi connectivity index (χ0n) is 17.3. The monoisotopic (exact) mass is 375 g/mol. The topological polar surface area (TPSA) is 54.9 Å². The predicted octanol–water partition coefficient (Wildman–Crippen LogP) is 4.02. The van der Waals surface area contributed by atoms with Crippen LogP contribution in [0.15, 0.2) is 29.3 Å². The van der Waals surface area contributed by atoms with E-state index in [-0.39, 0.29) is 0 Å². The van der Waals surface area contributed by atoms with Crippen molar-refractivity contribution in [3.63, 3.8) is 0 Å². The molecular weight excluding hydrogens is 338 g/mol. The minimum Gasteiger partial charge on any atom is -0.381 e. The summed E-state index contributed by atoms with van der Waals surface area (Å²) in [6, 6.07) is 9.06. The first-order valence-corrected chi connectivity index (χ1v) is 10.5. The van der Waals surface area contributed by atoms with Gasteiger partial charge in [0.1, 0.15) is 0 Å². The lowest BCUT2D eigenvalue weighted by Crippen LogP contribution is -2.41. The average Bonchev–Trinajstić information content (AvgIpc) is 2.71. The van der Waals surface area contributed by atoms with Gasteiger partial charge in [0.15, 0.2) is 5.96 Å². The van der Waals surface area contributed by atoms with E-state index >= 15 is 0 Å². The maximum atomic E-state index is 5.98. The fourth-order valence-electron chi connectivity index (χ4n) is 3.20. The van der Waals surface area contributed by atoms with Gasteiger partial charge in [-0.05, 0) is 37.3 Å². The summed E-state index contributed by atoms with van der Waals surface area (Å²) in [7, 11) is 1.82. The fourth-order valence-corrected chi connectivity index (χ4v) is 3.20. The summed E-state index contributed by atoms with van der Waals surface area (Å²) in [6.07, 6.45) is 7.35. The molecule has 0 radical (unpaired) electrons. The lowest BCUT2D eigenvalue weighted by molar-refractivity contribution is -0.0390. The van der Waals surface area contributed by atoms with Crippen molar-refractivity contribution in [1.82, 2.24) is 10.6 Å². The van der Waals surface area contributed by atoms with Gasteiger partial charge in [-0.2, -0.15) is 0 Å². The van der Waals surface area contributed by atoms with Crippen LogP contribution in [-0.2, 0) is 22.6 Å². The Balaban J connectivity index is 1.69. The number of nitrogens with zero attached hydrogens (tertiary/aromatic N) is 1. The molecule has 1 aliphatic rings. The van der Waals surface area contributed by atoms with Gasteiger partial charge in [0, 0.05) is 32.8 Å². The molecule has 0 bridgehead atoms. The number of benzene rings is 1. The van der Waals surface area contributed by atoms with E-state index in [1.54, 1.807) is 0 Å². The Kier molecular flexibility index (Phi) is 10.2. The Bertz CT molecular complexity index is 539. The van der Waals surface area contributed by atoms with Gasteiger partial charge in [-0.3, -0.25) is 4.99 Å². The number of ether oxygens (including phenoxy) is 2. The highest BCUT2D eigenvalue weighted by atomic mass is 16.5. The molecule has 27 heavy (non-hydrogen) atoms. The molecule has 2 rings (SSSR count). The Hall–Kier alpha value is -1.59. The van der Waals surface area contributed by atoms with Gasteiger partial charge in [0.25, 0.3) is 0 Å². The van der Waals surface area contributed by atoms with E-state index in [0.29, 0.717) is 18.8 Å². The van der Waals surface area contributed by atoms with E-state index in [0.717, 1.165) is 38.6 Å². The van der Waals surface area contributed by atoms with E-state index < -0.39 is 0 Å². The van der Waals surface area contributed by atoms with Crippen LogP contribution in [0.4, 0.5) is 0 Å². The number of rotatable bonds is 10. The highest BCUT2D eigenvalue weighted by Crippen LogP contribution is 2.14. The van der Waals surface area contributed by atoms with E-state index in [9.17, 15) is 0 Å². The molecule has 2 N–H and O–H groups in total. The molecule has 0 saturated carbocycles. The Morgan fingerprint density at radius 1 is 1.19 bits per heavy atom. The maximum Gasteiger partial charge on any atom is 0.191 e. The number of unbranched alkanes of at least 4 members (excludes halogenated alkanes) is 2. The van der Waals surface area contributed by atoms with Gasteiger partial charge in [0.2, 0.25) is 0 Å². The van der Waals surface area contributed by atoms with Crippen molar-refractivity contribution < 1.29 is 9.47 Å². The van der Waals surface area contributed by atoms with Crippen LogP contribution >= 0.6 is 0 Å². The Morgan fingerprint density at radius 2 is 1.89 bits per heavy atom. The molecule has 0 aliphatic carbocycles. The lowest BCUT2D eigenvalue weighted by Gasteiger charge is -2.22. The molecule has 1 saturated heterocycles. The zero-order chi connectivity index (χ0) is 19.3. The molecular formula is C22H37N3O2. The average molecular weight is 376 g/mol. The van der Waals surface area contributed by atoms with Gasteiger partial charge in [0.05, 0.1) is 12.7 Å². The SMILES string of the molecule is CCCCCC(C)NC(=NC)NCc1ccc(COC2CCOCC2)cc1. The summed E-state index contributed by atoms with van der Waals surface area (Å²) in [4.78, 5) is 4.33. The molecule has 0 aromatic heterocycles. The third kappa shape index (κ3) is 8.76. The van der Waals surface area contributed by atoms with E-state index in [1.165, 1.54) is 36.8 Å². The normalized spacial score (nSPS) is 16.9. The maximum absolute atomic E-state index is 5.98. The molecule has 1 aliphatic heterocycles. The fraction of sp³-hybridized carbons (Fsp3) is 0.682. The zero-order valence-corrected chi connectivity index (χ0v) is 17.3. The van der Waals surface area contributed by atoms with Crippen LogP contribution in [0.1, 0.15) is 63.5 Å². The van der Waals surface area contributed by atoms with Crippen molar-refractivity contribution in [1.29, 1.82) is 0 Å². The van der Waals surface area contributed by atoms with Crippen molar-refractivity contribution in [2.24, 2.45) is 4.99 Å². The molecule has 1 atom stereocenters. The standard InChI is InChI=1S/C22H37N3O2/c1-4-5-6-7-18(2)25-22(23-3)24-16-19-8-10-20(11-9-19)17-27-21-12-14-26-15-13-21/h8-11,18,21H,4-7,12-17H2,1-3H3,(H2,23,24,25). The highest BCUT2D eigenvalue weighted by molar-refractivity contribution is 5.79. The smallest absolute Gasteiger partial charge is 0.191 e. The number of nitrogens with one attached hydrogen (secondary N) is 2. The molecule has 0 amide bonds. The van der Waals surface area contributed by atoms with Crippen LogP contribution in [-0.4, -0.2) is 38.4 Å². The minimum atomic E-state index is 0.341. The molecule has 1 fully saturated rings. The Morgan fingerprint density at radius 3 is 2.56 bits per heavy atom. The second kappa shape index (κ2) is 12.7. The van der Waals surface area contributed by atoms with Crippen LogP contribution in [0.3, 0.4) is 0 Å². The molecule has 152 valence electrons. The number of hydrogen-bond acceptors (Lipinski definition) is 3. The van der Waals surface area contributed by atoms with Gasteiger partial charge in [-0.1, -0.05) is 50.5 Å². The third-order valence-electron chi connectivity index (χ3n) is 4.98. The van der Waals surface area contributed by atoms with Crippen LogP contribution < -0.4 is 10.6 Å². The summed E-state index contributed by atoms with van der Waals surface area (Å²) < 4.78 is 11.4. The molecule has 1 unspecified atom stereocenters. The van der Waals surface area contributed by atoms with Gasteiger partial charge >= 0.3 is 0 Å². The highest BCUT2D eigenvalue weighted by Gasteiger charge is 2.13. The van der Waals surface area contributed by atoms with Crippen LogP contribution in [0.2, 0.25) is 0 Å². The van der Waals surface area contributed by atoms with Gasteiger partial charge < -0.3 is 20.1 Å². The van der Waals surface area contributed by atoms with Crippen molar-refractivity contribution in [2.75, 3.05) is 20.3 Å². The van der Waals surface area contributed by atoms with Crippen LogP contribution in [0.5, 0.6) is 0 Å². The molecule has 5 heteroatoms. The minimum absolute atomic E-state index is 0.341. The first-order valence-electron chi connectivity index (χ1n) is 10.5. The van der Waals surface area contributed by atoms with Crippen LogP contribution in [0, 0.1) is 0 Å². The molecule has 1 heterocycles. The number of aliphatic imine (C=N–C) groups is 1. The van der Waals surface area contributed by atoms with Gasteiger partial charge in [-0.15, -0.1) is 0 Å². The van der Waals surface area contributed by atoms with Gasteiger partial charge in [-0.25, -0.2) is 0 Å². The Labute approximate surface area is 164 Å². The third-order valence-corrected chi connectivity index (χ3v) is 4.98. The summed E-state index contributed by atoms with van der Waals surface area (Å²) in [5, 5.41) is 6.88. The molecule has 5 nitrogen and oxygen atoms in total. The second-order valence-electron chi connectivity index (χ2n) is 7.41. The first-order chi connectivity index (χ1) is 13.2. The molecule has 1 aromatic carbocycles. The quantitative estimate of drug-likeness (QED) is 0.368. The second-order valence-corrected chi connectivity index (χ2v) is 7.41. The van der Waals surface area contributed by atoms with Crippen molar-refractivity contribution in [3.8, 4) is 0 Å². The van der Waals surface area contributed by atoms with E-state index in [4.69, 9.17) is 9.47 Å². The van der Waals surface area contributed by atoms with E-state index in [2.05, 4.69) is 53.7 Å². The van der Waals surface area contributed by atoms with Crippen molar-refractivity contribution in [2.45, 2.75) is 77.7 Å². The first kappa shape index (κ1) is 21.7. The van der Waals surface area contributed by atoms with Crippen molar-refractivity contribution in [3.05, 3.63) is 35.4 Å². The van der Waals surface area contributed by atoms with Crippen molar-refractivity contribution >= 4 is 5.96 Å². The molecule has 1 aromatic rings. The van der Waals surface area contributed by atoms with E-state index in [1.807, 2.05) is 7.05 Å². The summed E-state index contributed by atoms with van der Waals surface area (Å²) in [5.41, 5.74) is 2.46. The lowest BCUT2D eigenvalue weighted by atomic mass is 10.1. The summed E-state index contributed by atoms with van der Waals surface area (Å²) in [5.74, 6) is 0.867. The summed E-state index contributed by atoms with van der Waals surface area (Å²) in [6.45, 7) is 7.54. The number of guanidine groups is 1. The largest absolute Gasteiger partial charge is 0.381 e. The van der Waals surface area contributed by atoms with Crippen LogP contribution in [0.25, 0.3) is 0 Å². The summed E-state index contributed by atoms with van der Waals surface area (Å²) >= 11 is 0.